The number of rotatable bonds is 4. The van der Waals surface area contributed by atoms with Crippen LogP contribution >= 0.6 is 22.9 Å². The number of aliphatic carboxylic acids is 1. The first kappa shape index (κ1) is 20.2. The molecule has 1 aromatic carbocycles. The van der Waals surface area contributed by atoms with Gasteiger partial charge in [-0.1, -0.05) is 22.9 Å². The lowest BCUT2D eigenvalue weighted by Crippen LogP contribution is -2.36. The van der Waals surface area contributed by atoms with Gasteiger partial charge in [-0.15, -0.1) is 16.4 Å². The summed E-state index contributed by atoms with van der Waals surface area (Å²) in [6.45, 7) is 1.04. The van der Waals surface area contributed by atoms with Crippen LogP contribution in [0.15, 0.2) is 45.6 Å². The number of anilines is 1. The number of piperidine rings is 1. The van der Waals surface area contributed by atoms with Crippen molar-refractivity contribution in [2.24, 2.45) is 5.92 Å². The molecule has 3 aromatic heterocycles. The lowest BCUT2D eigenvalue weighted by atomic mass is 9.97. The minimum Gasteiger partial charge on any atom is -0.481 e. The van der Waals surface area contributed by atoms with E-state index in [4.69, 9.17) is 11.6 Å². The number of sulfone groups is 1. The first-order valence-corrected chi connectivity index (χ1v) is 12.2. The van der Waals surface area contributed by atoms with Crippen molar-refractivity contribution in [1.82, 2.24) is 19.8 Å². The lowest BCUT2D eigenvalue weighted by molar-refractivity contribution is -0.142. The molecule has 0 amide bonds. The number of carboxylic acids is 1. The van der Waals surface area contributed by atoms with Gasteiger partial charge < -0.3 is 10.0 Å². The normalized spacial score (nSPS) is 15.7. The fraction of sp³-hybridized carbons (Fsp3) is 0.263. The molecule has 1 aliphatic rings. The zero-order valence-electron chi connectivity index (χ0n) is 16.0. The Morgan fingerprint density at radius 2 is 2.00 bits per heavy atom. The predicted octanol–water partition coefficient (Wildman–Crippen LogP) is 3.13. The Hall–Kier alpha value is -2.76. The Kier molecular flexibility index (Phi) is 4.83. The number of aromatic nitrogens is 4. The monoisotopic (exact) mass is 477 g/mol. The summed E-state index contributed by atoms with van der Waals surface area (Å²) in [5.74, 6) is -0.556. The van der Waals surface area contributed by atoms with E-state index in [9.17, 15) is 18.3 Å². The number of carboxylic acid groups (broad SMARTS) is 1. The van der Waals surface area contributed by atoms with Gasteiger partial charge in [0.25, 0.3) is 0 Å². The fourth-order valence-electron chi connectivity index (χ4n) is 3.78. The number of halogens is 1. The Labute approximate surface area is 185 Å². The molecule has 0 atom stereocenters. The predicted molar refractivity (Wildman–Crippen MR) is 116 cm³/mol. The summed E-state index contributed by atoms with van der Waals surface area (Å²) < 4.78 is 28.8. The van der Waals surface area contributed by atoms with E-state index in [-0.39, 0.29) is 21.5 Å². The molecular formula is C19H16ClN5O4S2. The van der Waals surface area contributed by atoms with Gasteiger partial charge in [0.05, 0.1) is 21.0 Å². The van der Waals surface area contributed by atoms with Gasteiger partial charge in [-0.3, -0.25) is 4.79 Å². The summed E-state index contributed by atoms with van der Waals surface area (Å²) in [7, 11) is -4.00. The third-order valence-electron chi connectivity index (χ3n) is 5.41. The summed E-state index contributed by atoms with van der Waals surface area (Å²) in [5.41, 5.74) is 0.826. The van der Waals surface area contributed by atoms with Crippen LogP contribution in [0.1, 0.15) is 12.8 Å². The maximum atomic E-state index is 13.3. The molecule has 160 valence electrons. The zero-order valence-corrected chi connectivity index (χ0v) is 18.4. The summed E-state index contributed by atoms with van der Waals surface area (Å²) in [6, 6.07) is 7.81. The third kappa shape index (κ3) is 3.33. The molecule has 5 rings (SSSR count). The molecule has 0 radical (unpaired) electrons. The van der Waals surface area contributed by atoms with E-state index in [2.05, 4.69) is 15.3 Å². The van der Waals surface area contributed by atoms with Crippen LogP contribution in [-0.4, -0.2) is 52.4 Å². The molecule has 4 aromatic rings. The SMILES string of the molecule is O=C(O)C1CCN(c2nc3c(S(=O)(=O)c4cccc(Cl)c4)nnn3c3ccsc23)CC1. The van der Waals surface area contributed by atoms with Crippen LogP contribution in [-0.2, 0) is 14.6 Å². The van der Waals surface area contributed by atoms with E-state index >= 15 is 0 Å². The molecule has 31 heavy (non-hydrogen) atoms. The number of hydrogen-bond acceptors (Lipinski definition) is 8. The van der Waals surface area contributed by atoms with Crippen molar-refractivity contribution < 1.29 is 18.3 Å². The topological polar surface area (TPSA) is 118 Å². The number of nitrogens with zero attached hydrogens (tertiary/aromatic N) is 5. The second-order valence-electron chi connectivity index (χ2n) is 7.26. The van der Waals surface area contributed by atoms with Crippen molar-refractivity contribution in [3.05, 3.63) is 40.7 Å². The van der Waals surface area contributed by atoms with E-state index in [1.54, 1.807) is 12.1 Å². The molecule has 0 spiro atoms. The summed E-state index contributed by atoms with van der Waals surface area (Å²) in [4.78, 5) is 18.0. The van der Waals surface area contributed by atoms with E-state index in [0.29, 0.717) is 42.3 Å². The first-order chi connectivity index (χ1) is 14.9. The Balaban J connectivity index is 1.65. The van der Waals surface area contributed by atoms with Gasteiger partial charge in [-0.2, -0.15) is 4.52 Å². The molecule has 1 N–H and O–H groups in total. The molecule has 4 heterocycles. The molecule has 9 nitrogen and oxygen atoms in total. The van der Waals surface area contributed by atoms with Crippen molar-refractivity contribution in [3.63, 3.8) is 0 Å². The Bertz CT molecular complexity index is 1420. The second-order valence-corrected chi connectivity index (χ2v) is 10.5. The molecule has 0 bridgehead atoms. The molecule has 1 saturated heterocycles. The Morgan fingerprint density at radius 3 is 2.71 bits per heavy atom. The average Bonchev–Trinajstić information content (AvgIpc) is 3.40. The molecule has 0 aliphatic carbocycles. The van der Waals surface area contributed by atoms with Crippen molar-refractivity contribution in [2.45, 2.75) is 22.8 Å². The zero-order chi connectivity index (χ0) is 21.8. The number of benzene rings is 1. The molecule has 1 fully saturated rings. The maximum absolute atomic E-state index is 13.3. The molecular weight excluding hydrogens is 462 g/mol. The van der Waals surface area contributed by atoms with Gasteiger partial charge >= 0.3 is 5.97 Å². The standard InChI is InChI=1S/C19H16ClN5O4S2/c20-12-2-1-3-13(10-12)31(28,29)18-17-21-16(24-7-4-11(5-8-24)19(26)27)15-14(6-9-30-15)25(17)23-22-18/h1-3,6,9-11H,4-5,7-8H2,(H,26,27). The number of thiophene rings is 1. The number of hydrogen-bond donors (Lipinski definition) is 1. The highest BCUT2D eigenvalue weighted by Crippen LogP contribution is 2.35. The van der Waals surface area contributed by atoms with Crippen molar-refractivity contribution in [3.8, 4) is 0 Å². The van der Waals surface area contributed by atoms with Crippen molar-refractivity contribution >= 4 is 60.4 Å². The van der Waals surface area contributed by atoms with Crippen molar-refractivity contribution in [1.29, 1.82) is 0 Å². The fourth-order valence-corrected chi connectivity index (χ4v) is 6.20. The van der Waals surface area contributed by atoms with Crippen LogP contribution in [0.4, 0.5) is 5.82 Å². The van der Waals surface area contributed by atoms with Gasteiger partial charge in [-0.25, -0.2) is 13.4 Å². The summed E-state index contributed by atoms with van der Waals surface area (Å²) in [5, 5.41) is 19.2. The van der Waals surface area contributed by atoms with Gasteiger partial charge in [0.1, 0.15) is 0 Å². The van der Waals surface area contributed by atoms with E-state index in [1.807, 2.05) is 16.3 Å². The first-order valence-electron chi connectivity index (χ1n) is 9.47. The van der Waals surface area contributed by atoms with Gasteiger partial charge in [0.2, 0.25) is 14.9 Å². The summed E-state index contributed by atoms with van der Waals surface area (Å²) >= 11 is 7.46. The minimum absolute atomic E-state index is 0.0124. The maximum Gasteiger partial charge on any atom is 0.306 e. The van der Waals surface area contributed by atoms with Crippen LogP contribution in [0.5, 0.6) is 0 Å². The van der Waals surface area contributed by atoms with E-state index < -0.39 is 15.8 Å². The van der Waals surface area contributed by atoms with Crippen LogP contribution in [0, 0.1) is 5.92 Å². The number of fused-ring (bicyclic) bond motifs is 3. The third-order valence-corrected chi connectivity index (χ3v) is 8.19. The van der Waals surface area contributed by atoms with E-state index in [0.717, 1.165) is 4.70 Å². The van der Waals surface area contributed by atoms with Gasteiger partial charge in [-0.05, 0) is 42.5 Å². The molecule has 1 aliphatic heterocycles. The Morgan fingerprint density at radius 1 is 1.23 bits per heavy atom. The van der Waals surface area contributed by atoms with Crippen molar-refractivity contribution in [2.75, 3.05) is 18.0 Å². The minimum atomic E-state index is -4.00. The quantitative estimate of drug-likeness (QED) is 0.476. The van der Waals surface area contributed by atoms with Crippen LogP contribution in [0.25, 0.3) is 15.9 Å². The smallest absolute Gasteiger partial charge is 0.306 e. The summed E-state index contributed by atoms with van der Waals surface area (Å²) in [6.07, 6.45) is 1.00. The highest BCUT2D eigenvalue weighted by atomic mass is 35.5. The van der Waals surface area contributed by atoms with Crippen LogP contribution in [0.3, 0.4) is 0 Å². The lowest BCUT2D eigenvalue weighted by Gasteiger charge is -2.31. The number of carbonyl (C=O) groups is 1. The van der Waals surface area contributed by atoms with Crippen LogP contribution in [0.2, 0.25) is 5.02 Å². The largest absolute Gasteiger partial charge is 0.481 e. The molecule has 12 heteroatoms. The van der Waals surface area contributed by atoms with Crippen LogP contribution < -0.4 is 4.90 Å². The second kappa shape index (κ2) is 7.43. The highest BCUT2D eigenvalue weighted by Gasteiger charge is 2.30. The van der Waals surface area contributed by atoms with Gasteiger partial charge in [0.15, 0.2) is 11.5 Å². The van der Waals surface area contributed by atoms with Gasteiger partial charge in [0, 0.05) is 18.1 Å². The highest BCUT2D eigenvalue weighted by molar-refractivity contribution is 7.91. The molecule has 0 saturated carbocycles. The average molecular weight is 478 g/mol. The van der Waals surface area contributed by atoms with E-state index in [1.165, 1.54) is 28.0 Å². The molecule has 0 unspecified atom stereocenters.